The molecule has 0 amide bonds. The van der Waals surface area contributed by atoms with E-state index in [1.54, 1.807) is 0 Å². The molecule has 2 aromatic carbocycles. The Kier molecular flexibility index (Phi) is 3.72. The van der Waals surface area contributed by atoms with Gasteiger partial charge in [-0.1, -0.05) is 23.9 Å². The monoisotopic (exact) mass is 268 g/mol. The van der Waals surface area contributed by atoms with Crippen LogP contribution >= 0.6 is 11.8 Å². The van der Waals surface area contributed by atoms with Crippen molar-refractivity contribution in [1.82, 2.24) is 0 Å². The second-order valence-electron chi connectivity index (χ2n) is 3.45. The summed E-state index contributed by atoms with van der Waals surface area (Å²) in [6.07, 6.45) is 0.493. The Morgan fingerprint density at radius 1 is 1.00 bits per heavy atom. The first kappa shape index (κ1) is 12.7. The maximum absolute atomic E-state index is 13.6. The largest absolute Gasteiger partial charge is 0.298 e. The molecule has 0 unspecified atom stereocenters. The fourth-order valence-electron chi connectivity index (χ4n) is 1.39. The molecule has 0 fully saturated rings. The van der Waals surface area contributed by atoms with E-state index in [1.165, 1.54) is 24.3 Å². The lowest BCUT2D eigenvalue weighted by Crippen LogP contribution is -1.91. The summed E-state index contributed by atoms with van der Waals surface area (Å²) >= 11 is 0.753. The summed E-state index contributed by atoms with van der Waals surface area (Å²) in [6.45, 7) is 0. The molecule has 1 nitrogen and oxygen atoms in total. The van der Waals surface area contributed by atoms with Crippen molar-refractivity contribution in [2.75, 3.05) is 0 Å². The number of halogens is 3. The molecular weight excluding hydrogens is 261 g/mol. The minimum atomic E-state index is -0.792. The van der Waals surface area contributed by atoms with E-state index in [2.05, 4.69) is 0 Å². The predicted molar refractivity (Wildman–Crippen MR) is 62.3 cm³/mol. The fraction of sp³-hybridized carbons (Fsp3) is 0. The Morgan fingerprint density at radius 3 is 2.44 bits per heavy atom. The Balaban J connectivity index is 2.42. The van der Waals surface area contributed by atoms with E-state index in [1.807, 2.05) is 0 Å². The highest BCUT2D eigenvalue weighted by Crippen LogP contribution is 2.33. The standard InChI is InChI=1S/C13H7F3OS/c14-9-4-5-12(11(16)6-9)18-13-8(7-17)2-1-3-10(13)15/h1-7H. The van der Waals surface area contributed by atoms with Crippen molar-refractivity contribution in [3.05, 3.63) is 59.4 Å². The molecule has 0 heterocycles. The molecule has 2 aromatic rings. The summed E-state index contributed by atoms with van der Waals surface area (Å²) in [6, 6.07) is 6.99. The highest BCUT2D eigenvalue weighted by molar-refractivity contribution is 7.99. The van der Waals surface area contributed by atoms with Gasteiger partial charge in [0.1, 0.15) is 17.5 Å². The van der Waals surface area contributed by atoms with Crippen LogP contribution in [0.1, 0.15) is 10.4 Å². The van der Waals surface area contributed by atoms with Crippen molar-refractivity contribution in [3.63, 3.8) is 0 Å². The van der Waals surface area contributed by atoms with Crippen LogP contribution in [-0.2, 0) is 0 Å². The topological polar surface area (TPSA) is 17.1 Å². The zero-order chi connectivity index (χ0) is 13.1. The molecule has 0 radical (unpaired) electrons. The highest BCUT2D eigenvalue weighted by Gasteiger charge is 2.12. The maximum atomic E-state index is 13.6. The van der Waals surface area contributed by atoms with Crippen LogP contribution in [0.3, 0.4) is 0 Å². The van der Waals surface area contributed by atoms with Crippen LogP contribution in [0.2, 0.25) is 0 Å². The van der Waals surface area contributed by atoms with Gasteiger partial charge in [0.15, 0.2) is 6.29 Å². The van der Waals surface area contributed by atoms with Crippen LogP contribution in [0.4, 0.5) is 13.2 Å². The van der Waals surface area contributed by atoms with E-state index < -0.39 is 17.5 Å². The fourth-order valence-corrected chi connectivity index (χ4v) is 2.31. The molecule has 18 heavy (non-hydrogen) atoms. The van der Waals surface area contributed by atoms with E-state index in [4.69, 9.17) is 0 Å². The molecule has 0 aliphatic carbocycles. The first-order valence-electron chi connectivity index (χ1n) is 4.98. The average Bonchev–Trinajstić information content (AvgIpc) is 2.34. The summed E-state index contributed by atoms with van der Waals surface area (Å²) in [5.74, 6) is -2.12. The molecule has 5 heteroatoms. The molecule has 0 atom stereocenters. The lowest BCUT2D eigenvalue weighted by molar-refractivity contribution is 0.112. The van der Waals surface area contributed by atoms with Gasteiger partial charge >= 0.3 is 0 Å². The number of aldehydes is 1. The maximum Gasteiger partial charge on any atom is 0.151 e. The van der Waals surface area contributed by atoms with E-state index in [-0.39, 0.29) is 15.4 Å². The third-order valence-corrected chi connectivity index (χ3v) is 3.42. The SMILES string of the molecule is O=Cc1cccc(F)c1Sc1ccc(F)cc1F. The van der Waals surface area contributed by atoms with Gasteiger partial charge in [0.2, 0.25) is 0 Å². The van der Waals surface area contributed by atoms with Crippen LogP contribution in [0.5, 0.6) is 0 Å². The van der Waals surface area contributed by atoms with E-state index in [9.17, 15) is 18.0 Å². The third-order valence-electron chi connectivity index (χ3n) is 2.23. The van der Waals surface area contributed by atoms with E-state index >= 15 is 0 Å². The van der Waals surface area contributed by atoms with Crippen LogP contribution < -0.4 is 0 Å². The minimum absolute atomic E-state index is 0.0259. The van der Waals surface area contributed by atoms with E-state index in [0.717, 1.165) is 17.8 Å². The summed E-state index contributed by atoms with van der Waals surface area (Å²) in [4.78, 5) is 10.9. The average molecular weight is 268 g/mol. The second kappa shape index (κ2) is 5.27. The summed E-state index contributed by atoms with van der Waals surface area (Å²) in [7, 11) is 0. The van der Waals surface area contributed by atoms with Crippen LogP contribution in [0, 0.1) is 17.5 Å². The third kappa shape index (κ3) is 2.56. The first-order valence-corrected chi connectivity index (χ1v) is 5.80. The molecule has 0 saturated heterocycles. The molecule has 0 spiro atoms. The van der Waals surface area contributed by atoms with E-state index in [0.29, 0.717) is 12.4 Å². The van der Waals surface area contributed by atoms with Crippen LogP contribution in [-0.4, -0.2) is 6.29 Å². The number of hydrogen-bond donors (Lipinski definition) is 0. The minimum Gasteiger partial charge on any atom is -0.298 e. The Bertz CT molecular complexity index is 599. The zero-order valence-corrected chi connectivity index (χ0v) is 9.81. The van der Waals surface area contributed by atoms with Crippen molar-refractivity contribution in [2.45, 2.75) is 9.79 Å². The molecule has 0 N–H and O–H groups in total. The molecular formula is C13H7F3OS. The first-order chi connectivity index (χ1) is 8.61. The molecule has 0 bridgehead atoms. The van der Waals surface area contributed by atoms with Gasteiger partial charge in [-0.05, 0) is 18.2 Å². The highest BCUT2D eigenvalue weighted by atomic mass is 32.2. The molecule has 0 aromatic heterocycles. The molecule has 0 aliphatic heterocycles. The van der Waals surface area contributed by atoms with Crippen LogP contribution in [0.15, 0.2) is 46.2 Å². The number of carbonyl (C=O) groups excluding carboxylic acids is 1. The second-order valence-corrected chi connectivity index (χ2v) is 4.51. The lowest BCUT2D eigenvalue weighted by atomic mass is 10.2. The van der Waals surface area contributed by atoms with Crippen molar-refractivity contribution in [3.8, 4) is 0 Å². The lowest BCUT2D eigenvalue weighted by Gasteiger charge is -2.06. The number of carbonyl (C=O) groups is 1. The normalized spacial score (nSPS) is 10.4. The van der Waals surface area contributed by atoms with Gasteiger partial charge < -0.3 is 0 Å². The van der Waals surface area contributed by atoms with Gasteiger partial charge in [-0.2, -0.15) is 0 Å². The quantitative estimate of drug-likeness (QED) is 0.781. The number of hydrogen-bond acceptors (Lipinski definition) is 2. The summed E-state index contributed by atoms with van der Waals surface area (Å²) in [5.41, 5.74) is 0.128. The van der Waals surface area contributed by atoms with Gasteiger partial charge in [-0.15, -0.1) is 0 Å². The van der Waals surface area contributed by atoms with Gasteiger partial charge in [0, 0.05) is 16.5 Å². The van der Waals surface area contributed by atoms with Crippen LogP contribution in [0.25, 0.3) is 0 Å². The van der Waals surface area contributed by atoms with Gasteiger partial charge in [0.05, 0.1) is 4.90 Å². The smallest absolute Gasteiger partial charge is 0.151 e. The van der Waals surface area contributed by atoms with Crippen molar-refractivity contribution < 1.29 is 18.0 Å². The Morgan fingerprint density at radius 2 is 1.78 bits per heavy atom. The molecule has 92 valence electrons. The number of rotatable bonds is 3. The molecule has 2 rings (SSSR count). The summed E-state index contributed by atoms with van der Waals surface area (Å²) in [5, 5.41) is 0. The zero-order valence-electron chi connectivity index (χ0n) is 8.99. The number of benzene rings is 2. The van der Waals surface area contributed by atoms with Crippen molar-refractivity contribution in [1.29, 1.82) is 0 Å². The molecule has 0 aliphatic rings. The Hall–Kier alpha value is -1.75. The van der Waals surface area contributed by atoms with Gasteiger partial charge in [-0.3, -0.25) is 4.79 Å². The van der Waals surface area contributed by atoms with Gasteiger partial charge in [-0.25, -0.2) is 13.2 Å². The van der Waals surface area contributed by atoms with Gasteiger partial charge in [0.25, 0.3) is 0 Å². The van der Waals surface area contributed by atoms with Crippen molar-refractivity contribution >= 4 is 18.0 Å². The summed E-state index contributed by atoms with van der Waals surface area (Å²) < 4.78 is 39.7. The van der Waals surface area contributed by atoms with Crippen molar-refractivity contribution in [2.24, 2.45) is 0 Å². The predicted octanol–water partition coefficient (Wildman–Crippen LogP) is 4.07. The molecule has 0 saturated carbocycles. The Labute approximate surface area is 106 Å².